The summed E-state index contributed by atoms with van der Waals surface area (Å²) in [6, 6.07) is 6.16. The quantitative estimate of drug-likeness (QED) is 0.786. The van der Waals surface area contributed by atoms with Gasteiger partial charge >= 0.3 is 0 Å². The number of nitrogens with two attached hydrogens (primary N) is 1. The van der Waals surface area contributed by atoms with Crippen LogP contribution in [0.25, 0.3) is 0 Å². The summed E-state index contributed by atoms with van der Waals surface area (Å²) in [4.78, 5) is 27.9. The maximum absolute atomic E-state index is 12.9. The third kappa shape index (κ3) is 3.68. The number of primary amides is 1. The van der Waals surface area contributed by atoms with E-state index in [1.54, 1.807) is 36.2 Å². The molecule has 2 N–H and O–H groups in total. The first kappa shape index (κ1) is 18.7. The minimum atomic E-state index is -3.33. The van der Waals surface area contributed by atoms with Gasteiger partial charge in [0.05, 0.1) is 11.4 Å². The lowest BCUT2D eigenvalue weighted by molar-refractivity contribution is -0.124. The number of amides is 2. The molecule has 2 aliphatic rings. The standard InChI is InChI=1S/C17H24N4O4S/c1-19-8-9-20(12-15(19)16(18)22)17(23)13-5-4-6-14(11-13)21-7-2-3-10-26(21,24)25/h4-6,11,15H,2-3,7-10,12H2,1H3,(H2,18,22)/t15-/m0/s1. The van der Waals surface area contributed by atoms with Gasteiger partial charge in [-0.2, -0.15) is 0 Å². The Hall–Kier alpha value is -2.13. The minimum absolute atomic E-state index is 0.129. The van der Waals surface area contributed by atoms with E-state index in [4.69, 9.17) is 5.73 Å². The van der Waals surface area contributed by atoms with Crippen LogP contribution in [-0.2, 0) is 14.8 Å². The van der Waals surface area contributed by atoms with E-state index in [1.807, 2.05) is 4.90 Å². The number of rotatable bonds is 3. The second-order valence-corrected chi connectivity index (χ2v) is 8.81. The molecule has 2 heterocycles. The molecule has 2 aliphatic heterocycles. The smallest absolute Gasteiger partial charge is 0.254 e. The Balaban J connectivity index is 1.81. The topological polar surface area (TPSA) is 104 Å². The highest BCUT2D eigenvalue weighted by Crippen LogP contribution is 2.25. The molecule has 0 unspecified atom stereocenters. The van der Waals surface area contributed by atoms with Crippen LogP contribution in [0.5, 0.6) is 0 Å². The minimum Gasteiger partial charge on any atom is -0.368 e. The number of nitrogens with zero attached hydrogens (tertiary/aromatic N) is 3. The van der Waals surface area contributed by atoms with E-state index in [0.29, 0.717) is 37.3 Å². The Kier molecular flexibility index (Phi) is 5.19. The van der Waals surface area contributed by atoms with E-state index in [2.05, 4.69) is 0 Å². The molecule has 142 valence electrons. The monoisotopic (exact) mass is 380 g/mol. The molecule has 9 heteroatoms. The van der Waals surface area contributed by atoms with Gasteiger partial charge in [-0.15, -0.1) is 0 Å². The van der Waals surface area contributed by atoms with Gasteiger partial charge in [0.15, 0.2) is 0 Å². The molecule has 2 saturated heterocycles. The number of piperazine rings is 1. The van der Waals surface area contributed by atoms with Crippen LogP contribution in [0.4, 0.5) is 5.69 Å². The van der Waals surface area contributed by atoms with Crippen LogP contribution in [0, 0.1) is 0 Å². The summed E-state index contributed by atoms with van der Waals surface area (Å²) in [5.41, 5.74) is 6.34. The van der Waals surface area contributed by atoms with E-state index < -0.39 is 22.0 Å². The lowest BCUT2D eigenvalue weighted by Gasteiger charge is -2.37. The zero-order chi connectivity index (χ0) is 18.9. The first-order valence-corrected chi connectivity index (χ1v) is 10.3. The van der Waals surface area contributed by atoms with Crippen molar-refractivity contribution in [3.05, 3.63) is 29.8 Å². The molecule has 0 aliphatic carbocycles. The fourth-order valence-electron chi connectivity index (χ4n) is 3.42. The zero-order valence-electron chi connectivity index (χ0n) is 14.8. The second-order valence-electron chi connectivity index (χ2n) is 6.80. The maximum Gasteiger partial charge on any atom is 0.254 e. The molecule has 3 rings (SSSR count). The SMILES string of the molecule is CN1CCN(C(=O)c2cccc(N3CCCCS3(=O)=O)c2)C[C@H]1C(N)=O. The molecular formula is C17H24N4O4S. The van der Waals surface area contributed by atoms with Crippen molar-refractivity contribution < 1.29 is 18.0 Å². The van der Waals surface area contributed by atoms with Gasteiger partial charge in [0.1, 0.15) is 6.04 Å². The fourth-order valence-corrected chi connectivity index (χ4v) is 5.05. The van der Waals surface area contributed by atoms with Crippen LogP contribution in [-0.4, -0.2) is 75.1 Å². The third-order valence-electron chi connectivity index (χ3n) is 4.99. The number of sulfonamides is 1. The lowest BCUT2D eigenvalue weighted by atomic mass is 10.1. The number of hydrogen-bond acceptors (Lipinski definition) is 5. The number of carbonyl (C=O) groups excluding carboxylic acids is 2. The van der Waals surface area contributed by atoms with Gasteiger partial charge in [0.2, 0.25) is 15.9 Å². The predicted molar refractivity (Wildman–Crippen MR) is 98.3 cm³/mol. The molecule has 1 atom stereocenters. The number of hydrogen-bond donors (Lipinski definition) is 1. The summed E-state index contributed by atoms with van der Waals surface area (Å²) >= 11 is 0. The molecule has 26 heavy (non-hydrogen) atoms. The van der Waals surface area contributed by atoms with Gasteiger partial charge in [-0.3, -0.25) is 18.8 Å². The third-order valence-corrected chi connectivity index (χ3v) is 6.86. The average Bonchev–Trinajstić information content (AvgIpc) is 2.61. The number of benzene rings is 1. The number of likely N-dealkylation sites (N-methyl/N-ethyl adjacent to an activating group) is 1. The summed E-state index contributed by atoms with van der Waals surface area (Å²) in [6.07, 6.45) is 1.46. The van der Waals surface area contributed by atoms with E-state index in [0.717, 1.165) is 6.42 Å². The van der Waals surface area contributed by atoms with Crippen LogP contribution in [0.2, 0.25) is 0 Å². The maximum atomic E-state index is 12.9. The number of anilines is 1. The summed E-state index contributed by atoms with van der Waals surface area (Å²) < 4.78 is 26.0. The zero-order valence-corrected chi connectivity index (χ0v) is 15.6. The Morgan fingerprint density at radius 2 is 1.92 bits per heavy atom. The molecule has 0 radical (unpaired) electrons. The second kappa shape index (κ2) is 7.24. The Labute approximate surface area is 153 Å². The van der Waals surface area contributed by atoms with Crippen LogP contribution in [0.3, 0.4) is 0 Å². The molecule has 0 aromatic heterocycles. The van der Waals surface area contributed by atoms with Crippen LogP contribution < -0.4 is 10.0 Å². The van der Waals surface area contributed by atoms with Gasteiger partial charge in [0.25, 0.3) is 5.91 Å². The predicted octanol–water partition coefficient (Wildman–Crippen LogP) is -0.142. The molecule has 0 bridgehead atoms. The van der Waals surface area contributed by atoms with Crippen molar-refractivity contribution in [3.8, 4) is 0 Å². The first-order valence-electron chi connectivity index (χ1n) is 8.69. The summed E-state index contributed by atoms with van der Waals surface area (Å²) in [7, 11) is -1.53. The van der Waals surface area contributed by atoms with E-state index >= 15 is 0 Å². The highest BCUT2D eigenvalue weighted by Gasteiger charge is 2.32. The molecule has 0 spiro atoms. The summed E-state index contributed by atoms with van der Waals surface area (Å²) in [5, 5.41) is 0. The van der Waals surface area contributed by atoms with Crippen molar-refractivity contribution in [1.82, 2.24) is 9.80 Å². The Bertz CT molecular complexity index is 811. The van der Waals surface area contributed by atoms with Crippen LogP contribution in [0.1, 0.15) is 23.2 Å². The van der Waals surface area contributed by atoms with Gasteiger partial charge in [-0.1, -0.05) is 6.07 Å². The van der Waals surface area contributed by atoms with Crippen molar-refractivity contribution in [2.45, 2.75) is 18.9 Å². The molecule has 2 amide bonds. The van der Waals surface area contributed by atoms with E-state index in [-0.39, 0.29) is 18.2 Å². The molecule has 1 aromatic carbocycles. The largest absolute Gasteiger partial charge is 0.368 e. The lowest BCUT2D eigenvalue weighted by Crippen LogP contribution is -2.57. The number of carbonyl (C=O) groups is 2. The van der Waals surface area contributed by atoms with Crippen molar-refractivity contribution >= 4 is 27.5 Å². The average molecular weight is 380 g/mol. The highest BCUT2D eigenvalue weighted by molar-refractivity contribution is 7.92. The van der Waals surface area contributed by atoms with E-state index in [9.17, 15) is 18.0 Å². The molecule has 2 fully saturated rings. The van der Waals surface area contributed by atoms with Gasteiger partial charge in [-0.25, -0.2) is 8.42 Å². The summed E-state index contributed by atoms with van der Waals surface area (Å²) in [6.45, 7) is 1.71. The highest BCUT2D eigenvalue weighted by atomic mass is 32.2. The fraction of sp³-hybridized carbons (Fsp3) is 0.529. The Morgan fingerprint density at radius 1 is 1.15 bits per heavy atom. The molecule has 8 nitrogen and oxygen atoms in total. The summed E-state index contributed by atoms with van der Waals surface area (Å²) in [5.74, 6) is -0.553. The van der Waals surface area contributed by atoms with Crippen LogP contribution >= 0.6 is 0 Å². The van der Waals surface area contributed by atoms with Crippen molar-refractivity contribution in [1.29, 1.82) is 0 Å². The van der Waals surface area contributed by atoms with Gasteiger partial charge in [-0.05, 0) is 38.1 Å². The van der Waals surface area contributed by atoms with Crippen molar-refractivity contribution in [2.75, 3.05) is 43.3 Å². The van der Waals surface area contributed by atoms with E-state index in [1.165, 1.54) is 4.31 Å². The molecular weight excluding hydrogens is 356 g/mol. The molecule has 1 aromatic rings. The van der Waals surface area contributed by atoms with Crippen LogP contribution in [0.15, 0.2) is 24.3 Å². The van der Waals surface area contributed by atoms with Gasteiger partial charge in [0, 0.05) is 31.7 Å². The Morgan fingerprint density at radius 3 is 2.62 bits per heavy atom. The molecule has 0 saturated carbocycles. The van der Waals surface area contributed by atoms with Gasteiger partial charge < -0.3 is 10.6 Å². The first-order chi connectivity index (χ1) is 12.3. The normalized spacial score (nSPS) is 23.7. The van der Waals surface area contributed by atoms with Crippen molar-refractivity contribution in [3.63, 3.8) is 0 Å². The van der Waals surface area contributed by atoms with Crippen molar-refractivity contribution in [2.24, 2.45) is 5.73 Å².